The molecule has 1 N–H and O–H groups in total. The van der Waals surface area contributed by atoms with Crippen molar-refractivity contribution in [2.24, 2.45) is 0 Å². The summed E-state index contributed by atoms with van der Waals surface area (Å²) >= 11 is 4.39. The Kier molecular flexibility index (Phi) is 10.5. The van der Waals surface area contributed by atoms with Gasteiger partial charge in [0.25, 0.3) is 0 Å². The Labute approximate surface area is 223 Å². The highest BCUT2D eigenvalue weighted by Crippen LogP contribution is 2.41. The first-order valence-electron chi connectivity index (χ1n) is 10.5. The largest absolute Gasteiger partial charge is 0.478 e. The molecule has 0 aliphatic carbocycles. The fourth-order valence-electron chi connectivity index (χ4n) is 2.96. The molecule has 15 heteroatoms. The van der Waals surface area contributed by atoms with Crippen molar-refractivity contribution in [1.82, 2.24) is 5.06 Å². The van der Waals surface area contributed by atoms with Crippen molar-refractivity contribution in [3.8, 4) is 17.2 Å². The van der Waals surface area contributed by atoms with Gasteiger partial charge in [-0.1, -0.05) is 22.9 Å². The molecule has 0 aliphatic heterocycles. The van der Waals surface area contributed by atoms with Crippen LogP contribution in [0.4, 0.5) is 18.0 Å². The van der Waals surface area contributed by atoms with Gasteiger partial charge in [0.2, 0.25) is 0 Å². The van der Waals surface area contributed by atoms with E-state index in [1.807, 2.05) is 6.92 Å². The maximum atomic E-state index is 13.6. The minimum Gasteiger partial charge on any atom is -0.478 e. The van der Waals surface area contributed by atoms with Crippen LogP contribution < -0.4 is 9.57 Å². The van der Waals surface area contributed by atoms with Gasteiger partial charge in [-0.2, -0.15) is 24.9 Å². The molecule has 2 rings (SSSR count). The molecule has 0 saturated heterocycles. The number of hydrogen-bond acceptors (Lipinski definition) is 8. The van der Waals surface area contributed by atoms with Gasteiger partial charge in [-0.05, 0) is 36.9 Å². The molecule has 0 atom stereocenters. The predicted molar refractivity (Wildman–Crippen MR) is 133 cm³/mol. The fourth-order valence-corrected chi connectivity index (χ4v) is 4.92. The zero-order valence-electron chi connectivity index (χ0n) is 19.8. The van der Waals surface area contributed by atoms with Crippen molar-refractivity contribution in [2.75, 3.05) is 30.9 Å². The Bertz CT molecular complexity index is 1260. The van der Waals surface area contributed by atoms with Crippen LogP contribution in [-0.2, 0) is 20.8 Å². The Balaban J connectivity index is 2.69. The van der Waals surface area contributed by atoms with Crippen molar-refractivity contribution in [1.29, 1.82) is 0 Å². The molecular weight excluding hydrogens is 607 g/mol. The Morgan fingerprint density at radius 2 is 1.81 bits per heavy atom. The summed E-state index contributed by atoms with van der Waals surface area (Å²) in [6.45, 7) is 3.30. The van der Waals surface area contributed by atoms with E-state index in [4.69, 9.17) is 14.3 Å². The number of hydrogen-bond donors (Lipinski definition) is 1. The van der Waals surface area contributed by atoms with Gasteiger partial charge in [0.15, 0.2) is 15.6 Å². The molecule has 2 aromatic carbocycles. The van der Waals surface area contributed by atoms with Gasteiger partial charge in [-0.25, -0.2) is 18.0 Å². The molecule has 0 fully saturated rings. The number of sulfone groups is 1. The van der Waals surface area contributed by atoms with Crippen molar-refractivity contribution >= 4 is 49.6 Å². The van der Waals surface area contributed by atoms with E-state index in [1.165, 1.54) is 24.8 Å². The molecule has 0 unspecified atom stereocenters. The molecule has 0 bridgehead atoms. The maximum absolute atomic E-state index is 13.6. The first kappa shape index (κ1) is 30.6. The lowest BCUT2D eigenvalue weighted by atomic mass is 10.1. The van der Waals surface area contributed by atoms with Crippen LogP contribution in [0, 0.1) is 0 Å². The number of alkyl halides is 3. The average molecular weight is 630 g/mol. The second kappa shape index (κ2) is 12.7. The summed E-state index contributed by atoms with van der Waals surface area (Å²) < 4.78 is 76.1. The van der Waals surface area contributed by atoms with E-state index < -0.39 is 61.3 Å². The zero-order valence-corrected chi connectivity index (χ0v) is 23.0. The number of ether oxygens (including phenoxy) is 2. The normalized spacial score (nSPS) is 11.6. The van der Waals surface area contributed by atoms with E-state index >= 15 is 0 Å². The maximum Gasteiger partial charge on any atom is 0.443 e. The molecule has 1 amide bonds. The number of rotatable bonds is 11. The average Bonchev–Trinajstić information content (AvgIpc) is 2.78. The number of hydroxylamine groups is 2. The third-order valence-electron chi connectivity index (χ3n) is 4.43. The van der Waals surface area contributed by atoms with E-state index in [-0.39, 0.29) is 17.6 Å². The molecule has 204 valence electrons. The van der Waals surface area contributed by atoms with Gasteiger partial charge >= 0.3 is 18.2 Å². The molecule has 0 radical (unpaired) electrons. The first-order valence-corrected chi connectivity index (χ1v) is 14.4. The second-order valence-corrected chi connectivity index (χ2v) is 11.5. The molecule has 0 aliphatic rings. The molecule has 0 heterocycles. The Hall–Kier alpha value is -2.65. The summed E-state index contributed by atoms with van der Waals surface area (Å²) in [6, 6.07) is 4.70. The van der Waals surface area contributed by atoms with Crippen molar-refractivity contribution < 1.29 is 50.6 Å². The summed E-state index contributed by atoms with van der Waals surface area (Å²) in [6.07, 6.45) is -5.08. The number of benzene rings is 2. The number of thioether (sulfide) groups is 1. The van der Waals surface area contributed by atoms with Crippen LogP contribution in [0.5, 0.6) is 17.2 Å². The summed E-state index contributed by atoms with van der Waals surface area (Å²) in [5.41, 5.74) is -1.99. The summed E-state index contributed by atoms with van der Waals surface area (Å²) in [5, 5.41) is 10.4. The van der Waals surface area contributed by atoms with Gasteiger partial charge in [0, 0.05) is 22.5 Å². The lowest BCUT2D eigenvalue weighted by molar-refractivity contribution is -0.138. The summed E-state index contributed by atoms with van der Waals surface area (Å²) in [4.78, 5) is 29.1. The Morgan fingerprint density at radius 1 is 1.14 bits per heavy atom. The van der Waals surface area contributed by atoms with Gasteiger partial charge in [0.1, 0.15) is 16.4 Å². The first-order chi connectivity index (χ1) is 17.2. The molecule has 37 heavy (non-hydrogen) atoms. The number of amides is 1. The highest BCUT2D eigenvalue weighted by Gasteiger charge is 2.35. The van der Waals surface area contributed by atoms with Gasteiger partial charge in [-0.15, -0.1) is 5.06 Å². The molecule has 9 nitrogen and oxygen atoms in total. The summed E-state index contributed by atoms with van der Waals surface area (Å²) in [5.74, 6) is -2.44. The fraction of sp³-hybridized carbons (Fsp3) is 0.364. The lowest BCUT2D eigenvalue weighted by Crippen LogP contribution is -2.37. The second-order valence-electron chi connectivity index (χ2n) is 7.20. The number of halogens is 4. The topological polar surface area (TPSA) is 119 Å². The Morgan fingerprint density at radius 3 is 2.35 bits per heavy atom. The van der Waals surface area contributed by atoms with E-state index in [0.717, 1.165) is 30.5 Å². The summed E-state index contributed by atoms with van der Waals surface area (Å²) in [7, 11) is -4.28. The highest BCUT2D eigenvalue weighted by molar-refractivity contribution is 9.10. The smallest absolute Gasteiger partial charge is 0.443 e. The standard InChI is InChI=1S/C22H23BrF3NO8S2/c1-4-33-21(30)27(8-9-36-5-2)35-18-12-14(11-15(20(28)29)19(18)37(3,31)32)34-17-7-6-13(23)10-16(17)22(24,25)26/h6-7,10-12H,4-5,8-9H2,1-3H3,(H,28,29). The van der Waals surface area contributed by atoms with Gasteiger partial charge in [-0.3, -0.25) is 0 Å². The zero-order chi connectivity index (χ0) is 28.0. The van der Waals surface area contributed by atoms with Crippen molar-refractivity contribution in [3.05, 3.63) is 45.9 Å². The highest BCUT2D eigenvalue weighted by atomic mass is 79.9. The van der Waals surface area contributed by atoms with Crippen LogP contribution in [0.3, 0.4) is 0 Å². The number of carbonyl (C=O) groups is 2. The van der Waals surface area contributed by atoms with E-state index in [9.17, 15) is 36.3 Å². The minimum absolute atomic E-state index is 0.0359. The van der Waals surface area contributed by atoms with E-state index in [0.29, 0.717) is 16.6 Å². The number of carbonyl (C=O) groups excluding carboxylic acids is 1. The van der Waals surface area contributed by atoms with Crippen molar-refractivity contribution in [2.45, 2.75) is 24.9 Å². The monoisotopic (exact) mass is 629 g/mol. The molecular formula is C22H23BrF3NO8S2. The van der Waals surface area contributed by atoms with Gasteiger partial charge < -0.3 is 19.4 Å². The van der Waals surface area contributed by atoms with Crippen LogP contribution in [0.2, 0.25) is 0 Å². The molecule has 0 saturated carbocycles. The van der Waals surface area contributed by atoms with Gasteiger partial charge in [0.05, 0.1) is 24.3 Å². The predicted octanol–water partition coefficient (Wildman–Crippen LogP) is 5.87. The number of nitrogens with zero attached hydrogens (tertiary/aromatic N) is 1. The molecule has 0 spiro atoms. The van der Waals surface area contributed by atoms with Crippen LogP contribution >= 0.6 is 27.7 Å². The van der Waals surface area contributed by atoms with E-state index in [2.05, 4.69) is 15.9 Å². The third-order valence-corrected chi connectivity index (χ3v) is 6.96. The van der Waals surface area contributed by atoms with Crippen LogP contribution in [-0.4, -0.2) is 61.6 Å². The van der Waals surface area contributed by atoms with Crippen LogP contribution in [0.1, 0.15) is 29.8 Å². The van der Waals surface area contributed by atoms with Crippen LogP contribution in [0.25, 0.3) is 0 Å². The minimum atomic E-state index is -4.82. The quantitative estimate of drug-likeness (QED) is 0.240. The lowest BCUT2D eigenvalue weighted by Gasteiger charge is -2.23. The van der Waals surface area contributed by atoms with Crippen molar-refractivity contribution in [3.63, 3.8) is 0 Å². The molecule has 2 aromatic rings. The molecule has 0 aromatic heterocycles. The SMILES string of the molecule is CCOC(=O)N(CCSCC)Oc1cc(Oc2ccc(Br)cc2C(F)(F)F)cc(C(=O)O)c1S(C)(=O)=O. The van der Waals surface area contributed by atoms with Crippen LogP contribution in [0.15, 0.2) is 39.7 Å². The van der Waals surface area contributed by atoms with E-state index in [1.54, 1.807) is 0 Å². The third kappa shape index (κ3) is 8.43. The number of carboxylic acid groups (broad SMARTS) is 1. The number of aromatic carboxylic acids is 1. The number of carboxylic acids is 1.